The average Bonchev–Trinajstić information content (AvgIpc) is 3.65. The molecule has 6 atom stereocenters. The molecule has 14 heteroatoms. The van der Waals surface area contributed by atoms with Crippen LogP contribution in [0.1, 0.15) is 79.1 Å². The maximum absolute atomic E-state index is 14.7. The number of piperazine rings is 1. The van der Waals surface area contributed by atoms with E-state index in [1.165, 1.54) is 14.0 Å². The number of hydrogen-bond donors (Lipinski definition) is 0. The van der Waals surface area contributed by atoms with Crippen molar-refractivity contribution in [3.63, 3.8) is 0 Å². The number of carbonyl (C=O) groups is 4. The Morgan fingerprint density at radius 3 is 2.16 bits per heavy atom. The van der Waals surface area contributed by atoms with E-state index in [0.717, 1.165) is 4.90 Å². The van der Waals surface area contributed by atoms with E-state index in [1.54, 1.807) is 30.6 Å². The van der Waals surface area contributed by atoms with Gasteiger partial charge in [0.05, 0.1) is 30.1 Å². The molecule has 3 heterocycles. The SMILES string of the molecule is CO[C@@H]1COCC[C@@H]1N(C(=O)C(F)(F)F)[C@@H]1CC[C@@](C(=O)N2C[C@H]3C[C@@H]2CN3C(=O)OC(C)(C)C)(C2(OC(C)=O)CCC2)C1. The zero-order valence-corrected chi connectivity index (χ0v) is 26.1. The van der Waals surface area contributed by atoms with Crippen molar-refractivity contribution in [2.24, 2.45) is 5.41 Å². The summed E-state index contributed by atoms with van der Waals surface area (Å²) >= 11 is 0. The van der Waals surface area contributed by atoms with Crippen LogP contribution in [0.15, 0.2) is 0 Å². The van der Waals surface area contributed by atoms with Crippen molar-refractivity contribution < 1.29 is 51.3 Å². The molecule has 0 aromatic carbocycles. The highest BCUT2D eigenvalue weighted by molar-refractivity contribution is 5.87. The van der Waals surface area contributed by atoms with E-state index in [-0.39, 0.29) is 70.0 Å². The molecular weight excluding hydrogens is 587 g/mol. The molecule has 5 rings (SSSR count). The number of amides is 3. The molecule has 5 aliphatic rings. The molecule has 5 fully saturated rings. The van der Waals surface area contributed by atoms with E-state index in [9.17, 15) is 32.3 Å². The van der Waals surface area contributed by atoms with Gasteiger partial charge in [-0.3, -0.25) is 14.4 Å². The predicted octanol–water partition coefficient (Wildman–Crippen LogP) is 3.43. The van der Waals surface area contributed by atoms with Crippen molar-refractivity contribution in [3.05, 3.63) is 0 Å². The Balaban J connectivity index is 1.46. The normalized spacial score (nSPS) is 33.1. The van der Waals surface area contributed by atoms with Gasteiger partial charge in [0.2, 0.25) is 5.91 Å². The van der Waals surface area contributed by atoms with Crippen molar-refractivity contribution in [2.45, 2.75) is 127 Å². The van der Waals surface area contributed by atoms with Gasteiger partial charge in [-0.2, -0.15) is 13.2 Å². The second-order valence-corrected chi connectivity index (χ2v) is 14.0. The molecule has 0 radical (unpaired) electrons. The summed E-state index contributed by atoms with van der Waals surface area (Å²) in [6.45, 7) is 7.36. The summed E-state index contributed by atoms with van der Waals surface area (Å²) in [6.07, 6.45) is -3.90. The molecule has 248 valence electrons. The monoisotopic (exact) mass is 631 g/mol. The Labute approximate surface area is 255 Å². The summed E-state index contributed by atoms with van der Waals surface area (Å²) in [7, 11) is 1.37. The number of halogens is 3. The van der Waals surface area contributed by atoms with Gasteiger partial charge in [0.1, 0.15) is 17.3 Å². The highest BCUT2D eigenvalue weighted by Gasteiger charge is 2.68. The van der Waals surface area contributed by atoms with Crippen molar-refractivity contribution in [3.8, 4) is 0 Å². The third-order valence-corrected chi connectivity index (χ3v) is 10.2. The first kappa shape index (κ1) is 32.8. The van der Waals surface area contributed by atoms with Gasteiger partial charge in [-0.25, -0.2) is 4.79 Å². The van der Waals surface area contributed by atoms with Crippen LogP contribution in [-0.4, -0.2) is 120 Å². The Morgan fingerprint density at radius 1 is 0.977 bits per heavy atom. The predicted molar refractivity (Wildman–Crippen MR) is 148 cm³/mol. The summed E-state index contributed by atoms with van der Waals surface area (Å²) in [5.74, 6) is -2.82. The van der Waals surface area contributed by atoms with E-state index < -0.39 is 59.0 Å². The molecule has 2 aliphatic carbocycles. The number of likely N-dealkylation sites (tertiary alicyclic amines) is 2. The molecule has 2 bridgehead atoms. The van der Waals surface area contributed by atoms with Crippen molar-refractivity contribution >= 4 is 23.9 Å². The van der Waals surface area contributed by atoms with Crippen LogP contribution in [0.2, 0.25) is 0 Å². The second-order valence-electron chi connectivity index (χ2n) is 14.0. The Bertz CT molecular complexity index is 1160. The Hall–Kier alpha value is -2.61. The molecule has 3 saturated heterocycles. The number of hydrogen-bond acceptors (Lipinski definition) is 8. The van der Waals surface area contributed by atoms with E-state index in [0.29, 0.717) is 25.7 Å². The number of nitrogens with zero attached hydrogens (tertiary/aromatic N) is 3. The fourth-order valence-electron chi connectivity index (χ4n) is 8.22. The minimum absolute atomic E-state index is 0.0436. The van der Waals surface area contributed by atoms with Gasteiger partial charge in [-0.05, 0) is 72.1 Å². The van der Waals surface area contributed by atoms with Gasteiger partial charge in [-0.15, -0.1) is 0 Å². The lowest BCUT2D eigenvalue weighted by Crippen LogP contribution is -2.65. The number of methoxy groups -OCH3 is 1. The van der Waals surface area contributed by atoms with E-state index in [4.69, 9.17) is 18.9 Å². The summed E-state index contributed by atoms with van der Waals surface area (Å²) in [5, 5.41) is 0. The molecule has 44 heavy (non-hydrogen) atoms. The summed E-state index contributed by atoms with van der Waals surface area (Å²) in [6, 6.07) is -2.38. The highest BCUT2D eigenvalue weighted by atomic mass is 19.4. The van der Waals surface area contributed by atoms with Crippen LogP contribution < -0.4 is 0 Å². The standard InChI is InChI=1S/C30H44F3N3O8/c1-18(37)43-29(9-6-10-29)28(24(38)34-15-21-13-20(34)16-35(21)26(40)44-27(2,3)4)11-7-19(14-28)36(25(39)30(31,32)33)22-8-12-42-17-23(22)41-5/h19-23H,6-17H2,1-5H3/t19-,20-,21-,22+,23-,28-/m1/s1. The lowest BCUT2D eigenvalue weighted by Gasteiger charge is -2.54. The maximum atomic E-state index is 14.7. The molecule has 3 aliphatic heterocycles. The van der Waals surface area contributed by atoms with Crippen LogP contribution in [0.3, 0.4) is 0 Å². The van der Waals surface area contributed by atoms with E-state index in [1.807, 2.05) is 0 Å². The van der Waals surface area contributed by atoms with Gasteiger partial charge in [0.25, 0.3) is 0 Å². The van der Waals surface area contributed by atoms with Crippen LogP contribution >= 0.6 is 0 Å². The quantitative estimate of drug-likeness (QED) is 0.410. The van der Waals surface area contributed by atoms with Gasteiger partial charge >= 0.3 is 24.1 Å². The van der Waals surface area contributed by atoms with Crippen molar-refractivity contribution in [2.75, 3.05) is 33.4 Å². The van der Waals surface area contributed by atoms with Crippen LogP contribution in [0.4, 0.5) is 18.0 Å². The smallest absolute Gasteiger partial charge is 0.458 e. The average molecular weight is 632 g/mol. The van der Waals surface area contributed by atoms with E-state index >= 15 is 0 Å². The van der Waals surface area contributed by atoms with Gasteiger partial charge in [-0.1, -0.05) is 0 Å². The highest BCUT2D eigenvalue weighted by Crippen LogP contribution is 2.60. The first-order chi connectivity index (χ1) is 20.5. The topological polar surface area (TPSA) is 115 Å². The zero-order valence-electron chi connectivity index (χ0n) is 26.1. The Morgan fingerprint density at radius 2 is 1.64 bits per heavy atom. The van der Waals surface area contributed by atoms with Crippen molar-refractivity contribution in [1.82, 2.24) is 14.7 Å². The fraction of sp³-hybridized carbons (Fsp3) is 0.867. The van der Waals surface area contributed by atoms with E-state index in [2.05, 4.69) is 0 Å². The minimum atomic E-state index is -5.13. The van der Waals surface area contributed by atoms with Crippen LogP contribution in [-0.2, 0) is 33.3 Å². The number of carbonyl (C=O) groups excluding carboxylic acids is 4. The van der Waals surface area contributed by atoms with Crippen molar-refractivity contribution in [1.29, 1.82) is 0 Å². The number of fused-ring (bicyclic) bond motifs is 2. The number of esters is 1. The number of ether oxygens (including phenoxy) is 4. The largest absolute Gasteiger partial charge is 0.471 e. The third kappa shape index (κ3) is 5.76. The number of alkyl halides is 3. The Kier molecular flexibility index (Phi) is 8.67. The van der Waals surface area contributed by atoms with Gasteiger partial charge < -0.3 is 33.6 Å². The number of rotatable bonds is 6. The summed E-state index contributed by atoms with van der Waals surface area (Å²) in [4.78, 5) is 57.3. The summed E-state index contributed by atoms with van der Waals surface area (Å²) in [5.41, 5.74) is -3.18. The van der Waals surface area contributed by atoms with Gasteiger partial charge in [0.15, 0.2) is 0 Å². The van der Waals surface area contributed by atoms with Crippen LogP contribution in [0.25, 0.3) is 0 Å². The molecule has 0 aromatic rings. The molecule has 0 spiro atoms. The fourth-order valence-corrected chi connectivity index (χ4v) is 8.22. The minimum Gasteiger partial charge on any atom is -0.458 e. The first-order valence-corrected chi connectivity index (χ1v) is 15.5. The molecule has 3 amide bonds. The molecule has 11 nitrogen and oxygen atoms in total. The molecule has 2 saturated carbocycles. The van der Waals surface area contributed by atoms with Crippen LogP contribution in [0.5, 0.6) is 0 Å². The van der Waals surface area contributed by atoms with Crippen LogP contribution in [0, 0.1) is 5.41 Å². The summed E-state index contributed by atoms with van der Waals surface area (Å²) < 4.78 is 64.6. The molecule has 0 aromatic heterocycles. The first-order valence-electron chi connectivity index (χ1n) is 15.5. The molecule has 0 unspecified atom stereocenters. The molecule has 0 N–H and O–H groups in total. The lowest BCUT2D eigenvalue weighted by atomic mass is 9.59. The molecular formula is C30H44F3N3O8. The second kappa shape index (κ2) is 11.6. The maximum Gasteiger partial charge on any atom is 0.471 e. The zero-order chi connectivity index (χ0) is 32.2. The van der Waals surface area contributed by atoms with Gasteiger partial charge in [0, 0.05) is 39.8 Å². The lowest BCUT2D eigenvalue weighted by molar-refractivity contribution is -0.206. The third-order valence-electron chi connectivity index (χ3n) is 10.2.